The maximum Gasteiger partial charge on any atom is 0.324 e. The van der Waals surface area contributed by atoms with Crippen LogP contribution in [0.5, 0.6) is 12.0 Å². The van der Waals surface area contributed by atoms with Gasteiger partial charge >= 0.3 is 12.0 Å². The van der Waals surface area contributed by atoms with Crippen molar-refractivity contribution in [1.82, 2.24) is 20.3 Å². The van der Waals surface area contributed by atoms with Crippen LogP contribution in [0.2, 0.25) is 0 Å². The molecule has 2 aromatic rings. The molecule has 0 radical (unpaired) electrons. The minimum Gasteiger partial charge on any atom is -0.467 e. The molecule has 7 heteroatoms. The van der Waals surface area contributed by atoms with Crippen LogP contribution in [-0.4, -0.2) is 29.2 Å². The summed E-state index contributed by atoms with van der Waals surface area (Å²) in [6.07, 6.45) is 0. The molecule has 0 atom stereocenters. The number of nitrogens with one attached hydrogen (secondary N) is 2. The van der Waals surface area contributed by atoms with Crippen LogP contribution < -0.4 is 20.1 Å². The quantitative estimate of drug-likeness (QED) is 0.852. The van der Waals surface area contributed by atoms with E-state index in [0.29, 0.717) is 12.5 Å². The molecule has 1 aliphatic rings. The van der Waals surface area contributed by atoms with Crippen molar-refractivity contribution in [3.63, 3.8) is 0 Å². The van der Waals surface area contributed by atoms with Gasteiger partial charge in [0, 0.05) is 19.6 Å². The highest BCUT2D eigenvalue weighted by Gasteiger charge is 2.11. The maximum absolute atomic E-state index is 5.02. The van der Waals surface area contributed by atoms with E-state index in [0.717, 1.165) is 13.1 Å². The zero-order valence-electron chi connectivity index (χ0n) is 12.0. The lowest BCUT2D eigenvalue weighted by molar-refractivity contribution is 0.341. The molecule has 2 heterocycles. The zero-order chi connectivity index (χ0) is 14.7. The van der Waals surface area contributed by atoms with Crippen molar-refractivity contribution in [2.24, 2.45) is 0 Å². The lowest BCUT2D eigenvalue weighted by atomic mass is 10.1. The monoisotopic (exact) mass is 287 g/mol. The molecule has 21 heavy (non-hydrogen) atoms. The first kappa shape index (κ1) is 13.6. The van der Waals surface area contributed by atoms with Crippen molar-refractivity contribution in [2.75, 3.05) is 19.5 Å². The lowest BCUT2D eigenvalue weighted by Gasteiger charge is -2.08. The largest absolute Gasteiger partial charge is 0.467 e. The van der Waals surface area contributed by atoms with Crippen LogP contribution in [0.1, 0.15) is 16.7 Å². The second kappa shape index (κ2) is 5.92. The van der Waals surface area contributed by atoms with E-state index in [2.05, 4.69) is 43.8 Å². The van der Waals surface area contributed by atoms with E-state index < -0.39 is 0 Å². The third kappa shape index (κ3) is 3.03. The fourth-order valence-corrected chi connectivity index (χ4v) is 2.24. The number of rotatable bonds is 5. The Hall–Kier alpha value is -2.41. The number of anilines is 1. The average molecular weight is 287 g/mol. The van der Waals surface area contributed by atoms with Gasteiger partial charge in [0.25, 0.3) is 0 Å². The molecule has 3 rings (SSSR count). The van der Waals surface area contributed by atoms with Crippen LogP contribution in [0.3, 0.4) is 0 Å². The predicted octanol–water partition coefficient (Wildman–Crippen LogP) is 1.10. The van der Waals surface area contributed by atoms with Gasteiger partial charge in [-0.25, -0.2) is 0 Å². The van der Waals surface area contributed by atoms with Crippen LogP contribution in [0, 0.1) is 0 Å². The van der Waals surface area contributed by atoms with Gasteiger partial charge in [-0.1, -0.05) is 18.2 Å². The van der Waals surface area contributed by atoms with Crippen molar-refractivity contribution in [3.8, 4) is 12.0 Å². The number of fused-ring (bicyclic) bond motifs is 1. The van der Waals surface area contributed by atoms with Gasteiger partial charge in [0.1, 0.15) is 0 Å². The van der Waals surface area contributed by atoms with Crippen LogP contribution in [0.4, 0.5) is 5.95 Å². The van der Waals surface area contributed by atoms with Crippen LogP contribution >= 0.6 is 0 Å². The zero-order valence-corrected chi connectivity index (χ0v) is 12.0. The summed E-state index contributed by atoms with van der Waals surface area (Å²) in [5, 5.41) is 6.49. The van der Waals surface area contributed by atoms with Gasteiger partial charge in [-0.15, -0.1) is 4.98 Å². The third-order valence-electron chi connectivity index (χ3n) is 3.31. The highest BCUT2D eigenvalue weighted by atomic mass is 16.5. The summed E-state index contributed by atoms with van der Waals surface area (Å²) >= 11 is 0. The molecule has 110 valence electrons. The molecule has 0 fully saturated rings. The number of aromatic nitrogens is 3. The Morgan fingerprint density at radius 2 is 1.76 bits per heavy atom. The van der Waals surface area contributed by atoms with E-state index in [9.17, 15) is 0 Å². The van der Waals surface area contributed by atoms with E-state index in [4.69, 9.17) is 9.47 Å². The molecular formula is C14H17N5O2. The van der Waals surface area contributed by atoms with Gasteiger partial charge in [0.15, 0.2) is 0 Å². The smallest absolute Gasteiger partial charge is 0.324 e. The number of ether oxygens (including phenoxy) is 2. The first-order chi connectivity index (χ1) is 10.3. The first-order valence-corrected chi connectivity index (χ1v) is 6.68. The molecule has 0 spiro atoms. The average Bonchev–Trinajstić information content (AvgIpc) is 3.00. The molecule has 1 aliphatic heterocycles. The Bertz CT molecular complexity index is 625. The molecular weight excluding hydrogens is 270 g/mol. The fraction of sp³-hybridized carbons (Fsp3) is 0.357. The van der Waals surface area contributed by atoms with Gasteiger partial charge in [0.2, 0.25) is 5.95 Å². The third-order valence-corrected chi connectivity index (χ3v) is 3.31. The van der Waals surface area contributed by atoms with Gasteiger partial charge in [-0.2, -0.15) is 9.97 Å². The summed E-state index contributed by atoms with van der Waals surface area (Å²) in [4.78, 5) is 12.2. The predicted molar refractivity (Wildman–Crippen MR) is 77.2 cm³/mol. The summed E-state index contributed by atoms with van der Waals surface area (Å²) in [5.41, 5.74) is 3.89. The number of benzene rings is 1. The normalized spacial score (nSPS) is 12.9. The SMILES string of the molecule is COc1nc(NCc2ccc3c(c2)CNC3)nc(OC)n1. The fourth-order valence-electron chi connectivity index (χ4n) is 2.24. The highest BCUT2D eigenvalue weighted by molar-refractivity contribution is 5.37. The van der Waals surface area contributed by atoms with Crippen molar-refractivity contribution in [1.29, 1.82) is 0 Å². The second-order valence-corrected chi connectivity index (χ2v) is 4.69. The molecule has 1 aromatic carbocycles. The van der Waals surface area contributed by atoms with Crippen LogP contribution in [0.25, 0.3) is 0 Å². The Balaban J connectivity index is 1.72. The molecule has 0 saturated heterocycles. The summed E-state index contributed by atoms with van der Waals surface area (Å²) in [7, 11) is 3.01. The standard InChI is InChI=1S/C14H17N5O2/c1-20-13-17-12(18-14(19-13)21-2)16-6-9-3-4-10-7-15-8-11(10)5-9/h3-5,15H,6-8H2,1-2H3,(H,16,17,18,19). The van der Waals surface area contributed by atoms with Crippen molar-refractivity contribution < 1.29 is 9.47 Å². The molecule has 0 bridgehead atoms. The molecule has 1 aromatic heterocycles. The minimum atomic E-state index is 0.225. The number of hydrogen-bond donors (Lipinski definition) is 2. The Morgan fingerprint density at radius 1 is 1.05 bits per heavy atom. The number of hydrogen-bond acceptors (Lipinski definition) is 7. The number of nitrogens with zero attached hydrogens (tertiary/aromatic N) is 3. The molecule has 0 amide bonds. The summed E-state index contributed by atoms with van der Waals surface area (Å²) in [6.45, 7) is 2.51. The number of methoxy groups -OCH3 is 2. The topological polar surface area (TPSA) is 81.2 Å². The van der Waals surface area contributed by atoms with Gasteiger partial charge in [-0.05, 0) is 16.7 Å². The summed E-state index contributed by atoms with van der Waals surface area (Å²) in [5.74, 6) is 0.428. The molecule has 7 nitrogen and oxygen atoms in total. The first-order valence-electron chi connectivity index (χ1n) is 6.68. The van der Waals surface area contributed by atoms with Crippen molar-refractivity contribution in [2.45, 2.75) is 19.6 Å². The van der Waals surface area contributed by atoms with Crippen molar-refractivity contribution >= 4 is 5.95 Å². The maximum atomic E-state index is 5.02. The van der Waals surface area contributed by atoms with Crippen molar-refractivity contribution in [3.05, 3.63) is 34.9 Å². The Morgan fingerprint density at radius 3 is 2.48 bits per heavy atom. The summed E-state index contributed by atoms with van der Waals surface area (Å²) < 4.78 is 10.0. The van der Waals surface area contributed by atoms with E-state index in [-0.39, 0.29) is 12.0 Å². The Kier molecular flexibility index (Phi) is 3.83. The van der Waals surface area contributed by atoms with E-state index in [1.165, 1.54) is 30.9 Å². The second-order valence-electron chi connectivity index (χ2n) is 4.69. The molecule has 0 aliphatic carbocycles. The van der Waals surface area contributed by atoms with E-state index >= 15 is 0 Å². The van der Waals surface area contributed by atoms with Gasteiger partial charge in [-0.3, -0.25) is 0 Å². The molecule has 0 saturated carbocycles. The van der Waals surface area contributed by atoms with Gasteiger partial charge < -0.3 is 20.1 Å². The molecule has 0 unspecified atom stereocenters. The van der Waals surface area contributed by atoms with Gasteiger partial charge in [0.05, 0.1) is 14.2 Å². The van der Waals surface area contributed by atoms with E-state index in [1.54, 1.807) is 0 Å². The minimum absolute atomic E-state index is 0.225. The Labute approximate surface area is 122 Å². The van der Waals surface area contributed by atoms with Crippen LogP contribution in [-0.2, 0) is 19.6 Å². The van der Waals surface area contributed by atoms with E-state index in [1.807, 2.05) is 0 Å². The highest BCUT2D eigenvalue weighted by Crippen LogP contribution is 2.18. The van der Waals surface area contributed by atoms with Crippen LogP contribution in [0.15, 0.2) is 18.2 Å². The molecule has 2 N–H and O–H groups in total. The lowest BCUT2D eigenvalue weighted by Crippen LogP contribution is -2.07. The summed E-state index contributed by atoms with van der Waals surface area (Å²) in [6, 6.07) is 6.90.